The molecule has 0 fully saturated rings. The number of hydrogen-bond acceptors (Lipinski definition) is 6. The SMILES string of the molecule is C[C@@H](COO)Oc1cccc(/C=C/Cn2cc(Cl)cc2C(=O)c2ccc3c(c2)OCO3)c1. The summed E-state index contributed by atoms with van der Waals surface area (Å²) in [5.41, 5.74) is 1.91. The van der Waals surface area contributed by atoms with Gasteiger partial charge in [0.1, 0.15) is 18.5 Å². The highest BCUT2D eigenvalue weighted by atomic mass is 35.5. The Bertz CT molecular complexity index is 1140. The molecule has 166 valence electrons. The predicted molar refractivity (Wildman–Crippen MR) is 120 cm³/mol. The van der Waals surface area contributed by atoms with Crippen LogP contribution in [-0.4, -0.2) is 35.1 Å². The van der Waals surface area contributed by atoms with E-state index in [9.17, 15) is 4.79 Å². The van der Waals surface area contributed by atoms with E-state index in [1.54, 1.807) is 42.0 Å². The van der Waals surface area contributed by atoms with Gasteiger partial charge in [-0.15, -0.1) is 0 Å². The highest BCUT2D eigenvalue weighted by molar-refractivity contribution is 6.31. The number of nitrogens with zero attached hydrogens (tertiary/aromatic N) is 1. The zero-order valence-corrected chi connectivity index (χ0v) is 18.1. The summed E-state index contributed by atoms with van der Waals surface area (Å²) in [6, 6.07) is 14.3. The Hall–Kier alpha value is -3.26. The van der Waals surface area contributed by atoms with Crippen molar-refractivity contribution in [2.75, 3.05) is 13.4 Å². The van der Waals surface area contributed by atoms with Gasteiger partial charge in [0.15, 0.2) is 11.5 Å². The minimum Gasteiger partial charge on any atom is -0.488 e. The van der Waals surface area contributed by atoms with Crippen LogP contribution in [0.1, 0.15) is 28.5 Å². The van der Waals surface area contributed by atoms with Gasteiger partial charge < -0.3 is 18.8 Å². The molecule has 0 aliphatic carbocycles. The lowest BCUT2D eigenvalue weighted by Crippen LogP contribution is -2.18. The monoisotopic (exact) mass is 455 g/mol. The summed E-state index contributed by atoms with van der Waals surface area (Å²) in [6.07, 6.45) is 5.31. The second-order valence-electron chi connectivity index (χ2n) is 7.29. The molecule has 0 amide bonds. The lowest BCUT2D eigenvalue weighted by molar-refractivity contribution is -0.253. The van der Waals surface area contributed by atoms with Crippen molar-refractivity contribution in [1.29, 1.82) is 0 Å². The van der Waals surface area contributed by atoms with Crippen LogP contribution in [0.25, 0.3) is 6.08 Å². The molecule has 0 radical (unpaired) electrons. The first-order valence-electron chi connectivity index (χ1n) is 10.0. The second-order valence-corrected chi connectivity index (χ2v) is 7.73. The minimum atomic E-state index is -0.286. The number of ether oxygens (including phenoxy) is 3. The molecule has 1 aliphatic rings. The number of hydrogen-bond donors (Lipinski definition) is 1. The summed E-state index contributed by atoms with van der Waals surface area (Å²) in [5.74, 6) is 1.70. The average Bonchev–Trinajstić information content (AvgIpc) is 3.39. The molecule has 0 spiro atoms. The maximum atomic E-state index is 13.1. The third-order valence-corrected chi connectivity index (χ3v) is 5.05. The fraction of sp³-hybridized carbons (Fsp3) is 0.208. The first kappa shape index (κ1) is 22.0. The van der Waals surface area contributed by atoms with Crippen LogP contribution in [0.3, 0.4) is 0 Å². The first-order chi connectivity index (χ1) is 15.5. The van der Waals surface area contributed by atoms with Crippen LogP contribution in [0.5, 0.6) is 17.2 Å². The van der Waals surface area contributed by atoms with Gasteiger partial charge in [0.05, 0.1) is 10.7 Å². The molecule has 1 aliphatic heterocycles. The summed E-state index contributed by atoms with van der Waals surface area (Å²) in [5, 5.41) is 9.02. The maximum absolute atomic E-state index is 13.1. The molecule has 0 bridgehead atoms. The number of ketones is 1. The number of benzene rings is 2. The summed E-state index contributed by atoms with van der Waals surface area (Å²) in [4.78, 5) is 17.2. The molecule has 0 saturated carbocycles. The summed E-state index contributed by atoms with van der Waals surface area (Å²) >= 11 is 6.20. The van der Waals surface area contributed by atoms with Crippen molar-refractivity contribution in [3.8, 4) is 17.2 Å². The Morgan fingerprint density at radius 1 is 1.22 bits per heavy atom. The topological polar surface area (TPSA) is 79.2 Å². The first-order valence-corrected chi connectivity index (χ1v) is 10.4. The second kappa shape index (κ2) is 9.91. The summed E-state index contributed by atoms with van der Waals surface area (Å²) in [7, 11) is 0. The molecule has 0 unspecified atom stereocenters. The lowest BCUT2D eigenvalue weighted by atomic mass is 10.1. The van der Waals surface area contributed by atoms with E-state index in [0.29, 0.717) is 40.1 Å². The van der Waals surface area contributed by atoms with Crippen molar-refractivity contribution in [3.63, 3.8) is 0 Å². The fourth-order valence-electron chi connectivity index (χ4n) is 3.37. The molecule has 2 heterocycles. The van der Waals surface area contributed by atoms with E-state index >= 15 is 0 Å². The van der Waals surface area contributed by atoms with E-state index in [1.165, 1.54) is 0 Å². The van der Waals surface area contributed by atoms with E-state index in [2.05, 4.69) is 4.89 Å². The van der Waals surface area contributed by atoms with Crippen LogP contribution >= 0.6 is 11.6 Å². The van der Waals surface area contributed by atoms with Gasteiger partial charge in [-0.1, -0.05) is 35.9 Å². The Labute approximate surface area is 190 Å². The molecule has 8 heteroatoms. The van der Waals surface area contributed by atoms with E-state index < -0.39 is 0 Å². The van der Waals surface area contributed by atoms with E-state index in [0.717, 1.165) is 5.56 Å². The number of rotatable bonds is 9. The molecule has 4 rings (SSSR count). The highest BCUT2D eigenvalue weighted by Crippen LogP contribution is 2.33. The zero-order valence-electron chi connectivity index (χ0n) is 17.4. The molecule has 1 N–H and O–H groups in total. The van der Waals surface area contributed by atoms with Gasteiger partial charge in [0, 0.05) is 18.3 Å². The summed E-state index contributed by atoms with van der Waals surface area (Å²) in [6.45, 7) is 2.49. The number of halogens is 1. The molecule has 32 heavy (non-hydrogen) atoms. The molecule has 1 atom stereocenters. The average molecular weight is 456 g/mol. The third kappa shape index (κ3) is 5.13. The molecule has 3 aromatic rings. The van der Waals surface area contributed by atoms with Gasteiger partial charge in [0.2, 0.25) is 12.6 Å². The van der Waals surface area contributed by atoms with Crippen molar-refractivity contribution in [2.45, 2.75) is 19.6 Å². The van der Waals surface area contributed by atoms with Gasteiger partial charge in [-0.05, 0) is 48.9 Å². The number of aromatic nitrogens is 1. The molecular weight excluding hydrogens is 434 g/mol. The minimum absolute atomic E-state index is 0.0780. The largest absolute Gasteiger partial charge is 0.488 e. The normalized spacial score (nSPS) is 13.5. The van der Waals surface area contributed by atoms with Crippen molar-refractivity contribution < 1.29 is 29.1 Å². The number of carbonyl (C=O) groups is 1. The molecule has 1 aromatic heterocycles. The van der Waals surface area contributed by atoms with E-state index in [1.807, 2.05) is 36.4 Å². The number of carbonyl (C=O) groups excluding carboxylic acids is 1. The van der Waals surface area contributed by atoms with Gasteiger partial charge in [0.25, 0.3) is 0 Å². The molecule has 7 nitrogen and oxygen atoms in total. The van der Waals surface area contributed by atoms with Crippen molar-refractivity contribution in [2.24, 2.45) is 0 Å². The summed E-state index contributed by atoms with van der Waals surface area (Å²) < 4.78 is 18.2. The standard InChI is InChI=1S/C24H22ClNO6/c1-16(14-31-28)32-20-6-2-4-17(10-20)5-3-9-26-13-19(25)12-21(26)24(27)18-7-8-22-23(11-18)30-15-29-22/h2-8,10-13,16,28H,9,14-15H2,1H3/b5-3+/t16-/m0/s1. The number of fused-ring (bicyclic) bond motifs is 1. The molecule has 0 saturated heterocycles. The predicted octanol–water partition coefficient (Wildman–Crippen LogP) is 5.07. The Morgan fingerprint density at radius 3 is 2.91 bits per heavy atom. The quantitative estimate of drug-likeness (QED) is 0.275. The van der Waals surface area contributed by atoms with Crippen LogP contribution in [-0.2, 0) is 11.4 Å². The van der Waals surface area contributed by atoms with Crippen molar-refractivity contribution in [3.05, 3.63) is 82.6 Å². The fourth-order valence-corrected chi connectivity index (χ4v) is 3.59. The third-order valence-electron chi connectivity index (χ3n) is 4.85. The van der Waals surface area contributed by atoms with Gasteiger partial charge >= 0.3 is 0 Å². The number of allylic oxidation sites excluding steroid dienone is 1. The molecular formula is C24H22ClNO6. The van der Waals surface area contributed by atoms with Crippen LogP contribution in [0, 0.1) is 0 Å². The maximum Gasteiger partial charge on any atom is 0.231 e. The highest BCUT2D eigenvalue weighted by Gasteiger charge is 2.19. The lowest BCUT2D eigenvalue weighted by Gasteiger charge is -2.13. The van der Waals surface area contributed by atoms with Gasteiger partial charge in [-0.25, -0.2) is 4.89 Å². The Balaban J connectivity index is 1.47. The van der Waals surface area contributed by atoms with Crippen LogP contribution in [0.15, 0.2) is 60.8 Å². The Kier molecular flexibility index (Phi) is 6.80. The molecule has 2 aromatic carbocycles. The van der Waals surface area contributed by atoms with E-state index in [4.69, 9.17) is 31.1 Å². The smallest absolute Gasteiger partial charge is 0.231 e. The van der Waals surface area contributed by atoms with Gasteiger partial charge in [-0.3, -0.25) is 10.1 Å². The van der Waals surface area contributed by atoms with E-state index in [-0.39, 0.29) is 25.3 Å². The zero-order chi connectivity index (χ0) is 22.5. The van der Waals surface area contributed by atoms with Crippen LogP contribution in [0.4, 0.5) is 0 Å². The van der Waals surface area contributed by atoms with Crippen LogP contribution in [0.2, 0.25) is 5.02 Å². The van der Waals surface area contributed by atoms with Crippen molar-refractivity contribution in [1.82, 2.24) is 4.57 Å². The van der Waals surface area contributed by atoms with Crippen LogP contribution < -0.4 is 14.2 Å². The Morgan fingerprint density at radius 2 is 2.06 bits per heavy atom. The van der Waals surface area contributed by atoms with Crippen molar-refractivity contribution >= 4 is 23.5 Å². The van der Waals surface area contributed by atoms with Gasteiger partial charge in [-0.2, -0.15) is 0 Å².